The van der Waals surface area contributed by atoms with Crippen LogP contribution in [-0.4, -0.2) is 10.4 Å². The predicted octanol–water partition coefficient (Wildman–Crippen LogP) is 5.53. The van der Waals surface area contributed by atoms with Crippen LogP contribution in [0.15, 0.2) is 125 Å². The van der Waals surface area contributed by atoms with Gasteiger partial charge in [-0.2, -0.15) is 0 Å². The van der Waals surface area contributed by atoms with Crippen molar-refractivity contribution in [3.05, 3.63) is 168 Å². The minimum Gasteiger partial charge on any atom is -0.289 e. The summed E-state index contributed by atoms with van der Waals surface area (Å²) < 4.78 is 29.3. The fourth-order valence-corrected chi connectivity index (χ4v) is 5.67. The molecule has 0 spiro atoms. The minimum absolute atomic E-state index is 0.277. The Morgan fingerprint density at radius 1 is 0.795 bits per heavy atom. The summed E-state index contributed by atoms with van der Waals surface area (Å²) in [5.41, 5.74) is 2.83. The Morgan fingerprint density at radius 2 is 1.38 bits per heavy atom. The molecule has 1 aromatic heterocycles. The van der Waals surface area contributed by atoms with Crippen molar-refractivity contribution in [2.75, 3.05) is 0 Å². The average Bonchev–Trinajstić information content (AvgIpc) is 3.28. The van der Waals surface area contributed by atoms with E-state index in [-0.39, 0.29) is 17.2 Å². The van der Waals surface area contributed by atoms with Crippen LogP contribution in [0.3, 0.4) is 0 Å². The summed E-state index contributed by atoms with van der Waals surface area (Å²) in [5.74, 6) is -1.08. The van der Waals surface area contributed by atoms with E-state index in [9.17, 15) is 18.4 Å². The lowest BCUT2D eigenvalue weighted by molar-refractivity contribution is 0.102. The van der Waals surface area contributed by atoms with Crippen LogP contribution in [0.2, 0.25) is 0 Å². The first kappa shape index (κ1) is 24.6. The van der Waals surface area contributed by atoms with Crippen LogP contribution in [0.4, 0.5) is 8.78 Å². The molecule has 0 N–H and O–H groups in total. The third-order valence-electron chi connectivity index (χ3n) is 6.51. The monoisotopic (exact) mass is 534 g/mol. The first-order valence-corrected chi connectivity index (χ1v) is 13.0. The molecule has 0 radical (unpaired) electrons. The van der Waals surface area contributed by atoms with Gasteiger partial charge in [-0.25, -0.2) is 13.8 Å². The van der Waals surface area contributed by atoms with Crippen LogP contribution >= 0.6 is 11.3 Å². The average molecular weight is 535 g/mol. The first-order chi connectivity index (χ1) is 19.0. The van der Waals surface area contributed by atoms with Crippen LogP contribution in [0, 0.1) is 11.6 Å². The molecule has 0 fully saturated rings. The number of benzene rings is 4. The van der Waals surface area contributed by atoms with E-state index in [1.54, 1.807) is 54.6 Å². The number of rotatable bonds is 5. The summed E-state index contributed by atoms with van der Waals surface area (Å²) in [5, 5.41) is 0. The Morgan fingerprint density at radius 3 is 2.03 bits per heavy atom. The molecule has 4 nitrogen and oxygen atoms in total. The molecule has 0 bridgehead atoms. The van der Waals surface area contributed by atoms with E-state index in [1.165, 1.54) is 40.2 Å². The van der Waals surface area contributed by atoms with Gasteiger partial charge in [-0.05, 0) is 41.5 Å². The fourth-order valence-electron chi connectivity index (χ4n) is 4.67. The Bertz CT molecular complexity index is 1890. The van der Waals surface area contributed by atoms with Gasteiger partial charge >= 0.3 is 0 Å². The maximum atomic E-state index is 14.1. The third-order valence-corrected chi connectivity index (χ3v) is 7.50. The maximum absolute atomic E-state index is 14.1. The van der Waals surface area contributed by atoms with Crippen molar-refractivity contribution in [3.63, 3.8) is 0 Å². The van der Waals surface area contributed by atoms with Crippen molar-refractivity contribution in [1.29, 1.82) is 0 Å². The maximum Gasteiger partial charge on any atom is 0.271 e. The van der Waals surface area contributed by atoms with Crippen molar-refractivity contribution >= 4 is 28.9 Å². The van der Waals surface area contributed by atoms with Crippen molar-refractivity contribution in [2.45, 2.75) is 6.04 Å². The molecule has 0 amide bonds. The number of Topliss-reactive ketones (excluding diaryl/α,β-unsaturated/α-hetero) is 1. The fraction of sp³-hybridized carbons (Fsp3) is 0.0312. The molecule has 1 unspecified atom stereocenters. The SMILES string of the molecule is O=C(C1=C(c2ccccc2)N=c2s/c(=C\c3ccc(F)cc3)c(=O)n2C1c1ccc(F)cc1)c1ccccc1. The highest BCUT2D eigenvalue weighted by Crippen LogP contribution is 2.36. The van der Waals surface area contributed by atoms with E-state index < -0.39 is 11.9 Å². The number of fused-ring (bicyclic) bond motifs is 1. The van der Waals surface area contributed by atoms with Crippen molar-refractivity contribution < 1.29 is 13.6 Å². The molecule has 6 rings (SSSR count). The molecule has 0 saturated heterocycles. The molecule has 5 aromatic rings. The topological polar surface area (TPSA) is 51.4 Å². The lowest BCUT2D eigenvalue weighted by atomic mass is 9.88. The van der Waals surface area contributed by atoms with E-state index in [4.69, 9.17) is 4.99 Å². The molecule has 1 aliphatic rings. The Hall–Kier alpha value is -4.75. The standard InChI is InChI=1S/C32H20F2N2O2S/c33-24-15-11-20(12-16-24)19-26-31(38)36-29(22-13-17-25(34)18-14-22)27(30(37)23-9-5-2-6-10-23)28(35-32(36)39-26)21-7-3-1-4-8-21/h1-19,29H/b26-19-. The molecule has 1 aliphatic heterocycles. The van der Waals surface area contributed by atoms with Gasteiger partial charge in [0.2, 0.25) is 0 Å². The van der Waals surface area contributed by atoms with Gasteiger partial charge in [0.1, 0.15) is 11.6 Å². The first-order valence-electron chi connectivity index (χ1n) is 12.2. The van der Waals surface area contributed by atoms with Crippen molar-refractivity contribution in [2.24, 2.45) is 4.99 Å². The number of allylic oxidation sites excluding steroid dienone is 1. The van der Waals surface area contributed by atoms with Crippen molar-refractivity contribution in [3.8, 4) is 0 Å². The molecular formula is C32H20F2N2O2S. The number of nitrogens with zero attached hydrogens (tertiary/aromatic N) is 2. The van der Waals surface area contributed by atoms with Gasteiger partial charge in [-0.3, -0.25) is 14.2 Å². The number of aromatic nitrogens is 1. The van der Waals surface area contributed by atoms with Crippen LogP contribution < -0.4 is 14.9 Å². The van der Waals surface area contributed by atoms with Gasteiger partial charge in [0, 0.05) is 11.1 Å². The number of halogens is 2. The lowest BCUT2D eigenvalue weighted by Gasteiger charge is -2.26. The van der Waals surface area contributed by atoms with Gasteiger partial charge < -0.3 is 0 Å². The van der Waals surface area contributed by atoms with Crippen LogP contribution in [0.1, 0.15) is 33.1 Å². The van der Waals surface area contributed by atoms with E-state index >= 15 is 0 Å². The highest BCUT2D eigenvalue weighted by molar-refractivity contribution is 7.07. The summed E-state index contributed by atoms with van der Waals surface area (Å²) in [7, 11) is 0. The Labute approximate surface area is 226 Å². The highest BCUT2D eigenvalue weighted by atomic mass is 32.1. The predicted molar refractivity (Wildman–Crippen MR) is 148 cm³/mol. The second-order valence-electron chi connectivity index (χ2n) is 9.01. The van der Waals surface area contributed by atoms with Gasteiger partial charge in [0.25, 0.3) is 5.56 Å². The minimum atomic E-state index is -0.847. The van der Waals surface area contributed by atoms with Crippen LogP contribution in [0.25, 0.3) is 11.8 Å². The molecule has 39 heavy (non-hydrogen) atoms. The second kappa shape index (κ2) is 10.2. The summed E-state index contributed by atoms with van der Waals surface area (Å²) in [6, 6.07) is 28.9. The largest absolute Gasteiger partial charge is 0.289 e. The number of thiazole rings is 1. The summed E-state index contributed by atoms with van der Waals surface area (Å²) in [6.45, 7) is 0. The molecule has 4 aromatic carbocycles. The van der Waals surface area contributed by atoms with Crippen molar-refractivity contribution in [1.82, 2.24) is 4.57 Å². The van der Waals surface area contributed by atoms with E-state index in [0.29, 0.717) is 37.3 Å². The summed E-state index contributed by atoms with van der Waals surface area (Å²) >= 11 is 1.19. The number of hydrogen-bond acceptors (Lipinski definition) is 4. The van der Waals surface area contributed by atoms with Gasteiger partial charge in [-0.15, -0.1) is 0 Å². The number of ketones is 1. The normalized spacial score (nSPS) is 15.1. The zero-order valence-electron chi connectivity index (χ0n) is 20.4. The van der Waals surface area contributed by atoms with Crippen LogP contribution in [0.5, 0.6) is 0 Å². The number of carbonyl (C=O) groups is 1. The summed E-state index contributed by atoms with van der Waals surface area (Å²) in [6.07, 6.45) is 1.68. The van der Waals surface area contributed by atoms with Gasteiger partial charge in [0.15, 0.2) is 10.6 Å². The number of carbonyl (C=O) groups excluding carboxylic acids is 1. The molecular weight excluding hydrogens is 514 g/mol. The molecule has 190 valence electrons. The smallest absolute Gasteiger partial charge is 0.271 e. The summed E-state index contributed by atoms with van der Waals surface area (Å²) in [4.78, 5) is 33.3. The quantitative estimate of drug-likeness (QED) is 0.278. The molecule has 1 atom stereocenters. The molecule has 2 heterocycles. The van der Waals surface area contributed by atoms with Gasteiger partial charge in [0.05, 0.1) is 21.8 Å². The van der Waals surface area contributed by atoms with E-state index in [1.807, 2.05) is 36.4 Å². The van der Waals surface area contributed by atoms with E-state index in [2.05, 4.69) is 0 Å². The Balaban J connectivity index is 1.67. The van der Waals surface area contributed by atoms with E-state index in [0.717, 1.165) is 5.56 Å². The zero-order valence-corrected chi connectivity index (χ0v) is 21.2. The highest BCUT2D eigenvalue weighted by Gasteiger charge is 2.34. The molecule has 0 aliphatic carbocycles. The zero-order chi connectivity index (χ0) is 26.9. The van der Waals surface area contributed by atoms with Crippen LogP contribution in [-0.2, 0) is 0 Å². The third kappa shape index (κ3) is 4.69. The Kier molecular flexibility index (Phi) is 6.42. The molecule has 0 saturated carbocycles. The number of hydrogen-bond donors (Lipinski definition) is 0. The second-order valence-corrected chi connectivity index (χ2v) is 10.0. The lowest BCUT2D eigenvalue weighted by Crippen LogP contribution is -2.39. The molecule has 7 heteroatoms. The van der Waals surface area contributed by atoms with Gasteiger partial charge in [-0.1, -0.05) is 96.3 Å².